The number of ether oxygens (including phenoxy) is 1. The Hall–Kier alpha value is -1.75. The largest absolute Gasteiger partial charge is 0.494 e. The summed E-state index contributed by atoms with van der Waals surface area (Å²) in [5.74, 6) is 0.144. The van der Waals surface area contributed by atoms with E-state index >= 15 is 0 Å². The van der Waals surface area contributed by atoms with E-state index in [0.717, 1.165) is 44.3 Å². The summed E-state index contributed by atoms with van der Waals surface area (Å²) in [5, 5.41) is 15.8. The van der Waals surface area contributed by atoms with Gasteiger partial charge in [0.05, 0.1) is 6.61 Å². The molecule has 124 valence electrons. The minimum absolute atomic E-state index is 0. The average Bonchev–Trinajstić information content (AvgIpc) is 2.45. The SMILES string of the molecule is Cl.N=C(N)c1ccc(OCCCCCCCCC(=O)O)cc1. The van der Waals surface area contributed by atoms with Gasteiger partial charge in [0.15, 0.2) is 0 Å². The highest BCUT2D eigenvalue weighted by atomic mass is 35.5. The number of amidine groups is 1. The molecule has 4 N–H and O–H groups in total. The third kappa shape index (κ3) is 9.23. The van der Waals surface area contributed by atoms with E-state index in [1.165, 1.54) is 0 Å². The Morgan fingerprint density at radius 3 is 2.14 bits per heavy atom. The minimum Gasteiger partial charge on any atom is -0.494 e. The molecule has 0 amide bonds. The lowest BCUT2D eigenvalue weighted by atomic mass is 10.1. The van der Waals surface area contributed by atoms with Crippen LogP contribution in [0.2, 0.25) is 0 Å². The number of nitrogens with one attached hydrogen (secondary N) is 1. The van der Waals surface area contributed by atoms with Crippen LogP contribution >= 0.6 is 12.4 Å². The third-order valence-corrected chi connectivity index (χ3v) is 3.22. The van der Waals surface area contributed by atoms with Gasteiger partial charge in [-0.25, -0.2) is 0 Å². The number of hydrogen-bond acceptors (Lipinski definition) is 3. The summed E-state index contributed by atoms with van der Waals surface area (Å²) in [6.45, 7) is 0.675. The molecule has 0 saturated carbocycles. The van der Waals surface area contributed by atoms with Gasteiger partial charge in [-0.15, -0.1) is 12.4 Å². The molecule has 1 aromatic rings. The first-order valence-corrected chi connectivity index (χ1v) is 7.38. The van der Waals surface area contributed by atoms with Crippen LogP contribution in [0.15, 0.2) is 24.3 Å². The molecule has 0 heterocycles. The molecule has 0 saturated heterocycles. The third-order valence-electron chi connectivity index (χ3n) is 3.22. The van der Waals surface area contributed by atoms with Crippen LogP contribution in [0.5, 0.6) is 5.75 Å². The highest BCUT2D eigenvalue weighted by Gasteiger charge is 1.99. The molecule has 0 fully saturated rings. The first-order chi connectivity index (χ1) is 10.1. The van der Waals surface area contributed by atoms with Crippen LogP contribution in [0, 0.1) is 5.41 Å². The van der Waals surface area contributed by atoms with E-state index in [1.807, 2.05) is 12.1 Å². The number of nitrogens with two attached hydrogens (primary N) is 1. The number of carboxylic acid groups (broad SMARTS) is 1. The number of carbonyl (C=O) groups is 1. The molecule has 0 spiro atoms. The molecule has 0 aromatic heterocycles. The van der Waals surface area contributed by atoms with E-state index in [2.05, 4.69) is 0 Å². The smallest absolute Gasteiger partial charge is 0.303 e. The Bertz CT molecular complexity index is 449. The van der Waals surface area contributed by atoms with Gasteiger partial charge in [0, 0.05) is 12.0 Å². The van der Waals surface area contributed by atoms with Gasteiger partial charge in [-0.05, 0) is 37.1 Å². The lowest BCUT2D eigenvalue weighted by Gasteiger charge is -2.07. The summed E-state index contributed by atoms with van der Waals surface area (Å²) in [7, 11) is 0. The molecule has 0 bridgehead atoms. The molecule has 5 nitrogen and oxygen atoms in total. The lowest BCUT2D eigenvalue weighted by Crippen LogP contribution is -2.10. The Morgan fingerprint density at radius 2 is 1.59 bits per heavy atom. The monoisotopic (exact) mass is 328 g/mol. The van der Waals surface area contributed by atoms with Gasteiger partial charge < -0.3 is 15.6 Å². The van der Waals surface area contributed by atoms with E-state index in [1.54, 1.807) is 12.1 Å². The van der Waals surface area contributed by atoms with Crippen molar-refractivity contribution in [3.8, 4) is 5.75 Å². The first-order valence-electron chi connectivity index (χ1n) is 7.38. The minimum atomic E-state index is -0.709. The zero-order chi connectivity index (χ0) is 15.5. The van der Waals surface area contributed by atoms with Gasteiger partial charge in [0.2, 0.25) is 0 Å². The molecule has 0 atom stereocenters. The van der Waals surface area contributed by atoms with Crippen LogP contribution in [-0.4, -0.2) is 23.5 Å². The summed E-state index contributed by atoms with van der Waals surface area (Å²) in [5.41, 5.74) is 6.08. The summed E-state index contributed by atoms with van der Waals surface area (Å²) in [6.07, 6.45) is 6.33. The zero-order valence-corrected chi connectivity index (χ0v) is 13.5. The molecule has 0 aliphatic heterocycles. The van der Waals surface area contributed by atoms with E-state index in [0.29, 0.717) is 12.2 Å². The fraction of sp³-hybridized carbons (Fsp3) is 0.500. The van der Waals surface area contributed by atoms with Crippen molar-refractivity contribution in [3.05, 3.63) is 29.8 Å². The molecule has 6 heteroatoms. The van der Waals surface area contributed by atoms with E-state index in [-0.39, 0.29) is 24.7 Å². The number of nitrogen functional groups attached to an aromatic ring is 1. The highest BCUT2D eigenvalue weighted by Crippen LogP contribution is 2.13. The van der Waals surface area contributed by atoms with Crippen molar-refractivity contribution < 1.29 is 14.6 Å². The molecule has 1 aromatic carbocycles. The Kier molecular flexibility index (Phi) is 10.9. The Labute approximate surface area is 137 Å². The number of halogens is 1. The molecule has 0 aliphatic rings. The highest BCUT2D eigenvalue weighted by molar-refractivity contribution is 5.94. The van der Waals surface area contributed by atoms with Crippen molar-refractivity contribution in [1.29, 1.82) is 5.41 Å². The fourth-order valence-electron chi connectivity index (χ4n) is 2.01. The predicted octanol–water partition coefficient (Wildman–Crippen LogP) is 3.59. The summed E-state index contributed by atoms with van der Waals surface area (Å²) >= 11 is 0. The van der Waals surface area contributed by atoms with Crippen molar-refractivity contribution in [2.75, 3.05) is 6.61 Å². The van der Waals surface area contributed by atoms with Crippen LogP contribution in [0.4, 0.5) is 0 Å². The van der Waals surface area contributed by atoms with Crippen LogP contribution in [0.3, 0.4) is 0 Å². The van der Waals surface area contributed by atoms with Gasteiger partial charge in [-0.2, -0.15) is 0 Å². The van der Waals surface area contributed by atoms with E-state index in [9.17, 15) is 4.79 Å². The summed E-state index contributed by atoms with van der Waals surface area (Å²) in [4.78, 5) is 10.3. The lowest BCUT2D eigenvalue weighted by molar-refractivity contribution is -0.137. The molecule has 1 rings (SSSR count). The van der Waals surface area contributed by atoms with Crippen molar-refractivity contribution in [1.82, 2.24) is 0 Å². The normalized spacial score (nSPS) is 9.82. The topological polar surface area (TPSA) is 96.4 Å². The maximum atomic E-state index is 10.3. The quantitative estimate of drug-likeness (QED) is 0.328. The summed E-state index contributed by atoms with van der Waals surface area (Å²) < 4.78 is 5.61. The molecular weight excluding hydrogens is 304 g/mol. The average molecular weight is 329 g/mol. The molecule has 0 aliphatic carbocycles. The molecular formula is C16H25ClN2O3. The van der Waals surface area contributed by atoms with Crippen LogP contribution in [0.25, 0.3) is 0 Å². The number of aliphatic carboxylic acids is 1. The fourth-order valence-corrected chi connectivity index (χ4v) is 2.01. The predicted molar refractivity (Wildman–Crippen MR) is 90.2 cm³/mol. The van der Waals surface area contributed by atoms with Crippen LogP contribution in [-0.2, 0) is 4.79 Å². The van der Waals surface area contributed by atoms with Crippen LogP contribution < -0.4 is 10.5 Å². The molecule has 0 unspecified atom stereocenters. The van der Waals surface area contributed by atoms with E-state index < -0.39 is 5.97 Å². The number of benzene rings is 1. The van der Waals surface area contributed by atoms with Gasteiger partial charge in [-0.3, -0.25) is 10.2 Å². The van der Waals surface area contributed by atoms with E-state index in [4.69, 9.17) is 21.0 Å². The van der Waals surface area contributed by atoms with Crippen molar-refractivity contribution in [3.63, 3.8) is 0 Å². The number of carboxylic acids is 1. The Balaban J connectivity index is 0.00000441. The second kappa shape index (κ2) is 11.9. The second-order valence-electron chi connectivity index (χ2n) is 5.05. The maximum Gasteiger partial charge on any atom is 0.303 e. The standard InChI is InChI=1S/C16H24N2O3.ClH/c17-16(18)13-8-10-14(11-9-13)21-12-6-4-2-1-3-5-7-15(19)20;/h8-11H,1-7,12H2,(H3,17,18)(H,19,20);1H. The number of rotatable bonds is 11. The maximum absolute atomic E-state index is 10.3. The van der Waals surface area contributed by atoms with Crippen molar-refractivity contribution >= 4 is 24.2 Å². The molecule has 22 heavy (non-hydrogen) atoms. The van der Waals surface area contributed by atoms with Gasteiger partial charge in [0.1, 0.15) is 11.6 Å². The molecule has 0 radical (unpaired) electrons. The van der Waals surface area contributed by atoms with Crippen molar-refractivity contribution in [2.24, 2.45) is 5.73 Å². The number of hydrogen-bond donors (Lipinski definition) is 3. The zero-order valence-electron chi connectivity index (χ0n) is 12.7. The van der Waals surface area contributed by atoms with Crippen LogP contribution in [0.1, 0.15) is 50.5 Å². The summed E-state index contributed by atoms with van der Waals surface area (Å²) in [6, 6.07) is 7.20. The Morgan fingerprint density at radius 1 is 1.05 bits per heavy atom. The van der Waals surface area contributed by atoms with Gasteiger partial charge in [-0.1, -0.05) is 25.7 Å². The second-order valence-corrected chi connectivity index (χ2v) is 5.05. The van der Waals surface area contributed by atoms with Gasteiger partial charge >= 0.3 is 5.97 Å². The number of unbranched alkanes of at least 4 members (excludes halogenated alkanes) is 5. The first kappa shape index (κ1) is 20.2. The van der Waals surface area contributed by atoms with Gasteiger partial charge in [0.25, 0.3) is 0 Å². The van der Waals surface area contributed by atoms with Crippen molar-refractivity contribution in [2.45, 2.75) is 44.9 Å².